The maximum atomic E-state index is 13.2. The summed E-state index contributed by atoms with van der Waals surface area (Å²) in [7, 11) is 9.87. The summed E-state index contributed by atoms with van der Waals surface area (Å²) >= 11 is 0. The first-order chi connectivity index (χ1) is 58.8. The number of ether oxygens (including phenoxy) is 9. The van der Waals surface area contributed by atoms with Crippen LogP contribution in [0.1, 0.15) is 131 Å². The highest BCUT2D eigenvalue weighted by atomic mass is 16.7. The van der Waals surface area contributed by atoms with Crippen LogP contribution < -0.4 is 30.7 Å². The van der Waals surface area contributed by atoms with E-state index >= 15 is 0 Å². The van der Waals surface area contributed by atoms with Crippen LogP contribution in [-0.2, 0) is 42.6 Å². The number of aliphatic imine (C=N–C) groups is 6. The molecule has 3 N–H and O–H groups in total. The lowest BCUT2D eigenvalue weighted by Gasteiger charge is -2.36. The molecule has 12 bridgehead atoms. The van der Waals surface area contributed by atoms with Gasteiger partial charge in [0, 0.05) is 226 Å². The summed E-state index contributed by atoms with van der Waals surface area (Å²) in [4.78, 5) is 84.6. The van der Waals surface area contributed by atoms with Gasteiger partial charge < -0.3 is 88.0 Å². The molecule has 0 spiro atoms. The number of rotatable bonds is 21. The van der Waals surface area contributed by atoms with Crippen molar-refractivity contribution >= 4 is 89.7 Å². The van der Waals surface area contributed by atoms with E-state index in [2.05, 4.69) is 152 Å². The SMILES string of the molecule is CCOC(=O)N1CCN(c2cc3ccc2C=N[C@@H]2CCCC[C@H]2N=Cc2ccc(cc2NCC(OC)OC)-c2ccc(c(N4CCN(C(=O)OCC)CC4)c2)C=N[C@@H]2CCCC[C@H]2N=Cc2ccc(cc2N2CCN(C(=O)OCC)CC2)-c2ccc(c(NCC(OC)OC)c2)C=N[C@@H]2CCCC[C@H]2N=Cc2ccc-3cc2NCC(OC)OC)CC1. The summed E-state index contributed by atoms with van der Waals surface area (Å²) in [5, 5.41) is 11.0. The van der Waals surface area contributed by atoms with Crippen LogP contribution in [-0.4, -0.2) is 286 Å². The van der Waals surface area contributed by atoms with Crippen molar-refractivity contribution in [2.24, 2.45) is 30.0 Å². The molecule has 0 radical (unpaired) electrons. The van der Waals surface area contributed by atoms with Crippen LogP contribution in [0, 0.1) is 0 Å². The standard InChI is InChI=1S/C93H123N15O12/c1-10-118-91(109)106-43-37-103(38-44-106)85-52-67-28-34-73(85)58-97-79-22-16-15-21-78(79)96-57-72-33-27-66(51-84(72)102-63-90(116-8)117-9)69-30-36-75(87(54-69)105-41-47-108(48-42-105)93(111)120-12-3)60-99-81-24-18-17-23-80(81)98-59-74-35-29-68(53-86(74)104-39-45-107(46-40-104)92(110)119-11-2)65-26-32-71(83(50-65)101-62-89(114-6)115-7)56-95-77-20-14-13-19-76(77)94-55-70-31-25-64(67)49-82(70)100-61-88(112-4)113-5/h25-36,49-60,76-81,88-90,100-102H,10-24,37-48,61-63H2,1-9H3/t76-,77-,78-,79-,80-,81-/m1/s1. The first kappa shape index (κ1) is 87.5. The zero-order valence-electron chi connectivity index (χ0n) is 71.5. The molecule has 15 heterocycles. The van der Waals surface area contributed by atoms with Crippen molar-refractivity contribution in [3.8, 4) is 33.4 Å². The van der Waals surface area contributed by atoms with E-state index in [4.69, 9.17) is 72.6 Å². The molecule has 642 valence electrons. The van der Waals surface area contributed by atoms with Gasteiger partial charge in [0.05, 0.1) is 75.7 Å². The van der Waals surface area contributed by atoms with Crippen LogP contribution in [0.2, 0.25) is 0 Å². The largest absolute Gasteiger partial charge is 0.450 e. The minimum atomic E-state index is -0.512. The number of methoxy groups -OCH3 is 6. The Bertz CT molecular complexity index is 4550. The molecule has 0 aromatic heterocycles. The third kappa shape index (κ3) is 22.6. The molecule has 6 aromatic carbocycles. The summed E-state index contributed by atoms with van der Waals surface area (Å²) < 4.78 is 50.8. The van der Waals surface area contributed by atoms with Crippen LogP contribution in [0.4, 0.5) is 48.5 Å². The Kier molecular flexibility index (Phi) is 31.9. The van der Waals surface area contributed by atoms with Gasteiger partial charge in [0.1, 0.15) is 0 Å². The van der Waals surface area contributed by atoms with Crippen molar-refractivity contribution in [1.82, 2.24) is 14.7 Å². The molecule has 18 aliphatic rings. The molecule has 0 unspecified atom stereocenters. The second kappa shape index (κ2) is 43.8. The van der Waals surface area contributed by atoms with Crippen molar-refractivity contribution in [2.75, 3.05) is 191 Å². The molecule has 6 atom stereocenters. The lowest BCUT2D eigenvalue weighted by molar-refractivity contribution is -0.0915. The highest BCUT2D eigenvalue weighted by Crippen LogP contribution is 2.38. The summed E-state index contributed by atoms with van der Waals surface area (Å²) in [5.41, 5.74) is 17.4. The van der Waals surface area contributed by atoms with Crippen LogP contribution in [0.15, 0.2) is 139 Å². The Morgan fingerprint density at radius 3 is 0.733 bits per heavy atom. The summed E-state index contributed by atoms with van der Waals surface area (Å²) in [6.07, 6.45) is 21.3. The number of benzene rings is 6. The quantitative estimate of drug-likeness (QED) is 0.0446. The van der Waals surface area contributed by atoms with Crippen LogP contribution in [0.3, 0.4) is 0 Å². The molecule has 15 aliphatic heterocycles. The predicted octanol–water partition coefficient (Wildman–Crippen LogP) is 14.5. The Hall–Kier alpha value is -10.3. The fourth-order valence-electron chi connectivity index (χ4n) is 17.1. The topological polar surface area (TPSA) is 264 Å². The summed E-state index contributed by atoms with van der Waals surface area (Å²) in [6.45, 7) is 14.3. The van der Waals surface area contributed by atoms with Crippen molar-refractivity contribution in [2.45, 2.75) is 153 Å². The number of nitrogens with zero attached hydrogens (tertiary/aromatic N) is 12. The van der Waals surface area contributed by atoms with Crippen molar-refractivity contribution < 1.29 is 57.0 Å². The van der Waals surface area contributed by atoms with Gasteiger partial charge in [-0.2, -0.15) is 0 Å². The van der Waals surface area contributed by atoms with Gasteiger partial charge in [-0.3, -0.25) is 30.0 Å². The maximum absolute atomic E-state index is 13.2. The minimum absolute atomic E-state index is 0.0819. The first-order valence-electron chi connectivity index (χ1n) is 43.2. The van der Waals surface area contributed by atoms with E-state index in [-0.39, 0.29) is 54.5 Å². The average molecular weight is 1640 g/mol. The van der Waals surface area contributed by atoms with E-state index in [0.717, 1.165) is 178 Å². The Labute approximate surface area is 708 Å². The molecular formula is C93H123N15O12. The van der Waals surface area contributed by atoms with Gasteiger partial charge in [-0.25, -0.2) is 14.4 Å². The molecule has 6 fully saturated rings. The second-order valence-electron chi connectivity index (χ2n) is 31.5. The molecule has 27 heteroatoms. The van der Waals surface area contributed by atoms with Crippen LogP contribution in [0.25, 0.3) is 33.4 Å². The summed E-state index contributed by atoms with van der Waals surface area (Å²) in [5.74, 6) is 0. The van der Waals surface area contributed by atoms with E-state index in [1.807, 2.05) is 45.6 Å². The number of anilines is 6. The molecule has 27 nitrogen and oxygen atoms in total. The molecule has 120 heavy (non-hydrogen) atoms. The Balaban J connectivity index is 0.917. The van der Waals surface area contributed by atoms with E-state index in [9.17, 15) is 14.4 Å². The molecule has 3 aliphatic carbocycles. The van der Waals surface area contributed by atoms with Crippen molar-refractivity contribution in [3.63, 3.8) is 0 Å². The van der Waals surface area contributed by atoms with Gasteiger partial charge in [-0.05, 0) is 129 Å². The number of nitrogens with one attached hydrogen (secondary N) is 3. The molecule has 3 amide bonds. The van der Waals surface area contributed by atoms with E-state index in [1.54, 1.807) is 57.4 Å². The Morgan fingerprint density at radius 2 is 0.517 bits per heavy atom. The molecule has 3 saturated carbocycles. The van der Waals surface area contributed by atoms with Gasteiger partial charge >= 0.3 is 18.3 Å². The fraction of sp³-hybridized carbons (Fsp3) is 0.516. The van der Waals surface area contributed by atoms with Crippen LogP contribution in [0.5, 0.6) is 0 Å². The number of carbonyl (C=O) groups is 3. The molecule has 3 saturated heterocycles. The number of piperazine rings is 3. The first-order valence-corrected chi connectivity index (χ1v) is 43.2. The second-order valence-corrected chi connectivity index (χ2v) is 31.5. The van der Waals surface area contributed by atoms with Gasteiger partial charge in [-0.1, -0.05) is 111 Å². The van der Waals surface area contributed by atoms with Gasteiger partial charge in [0.2, 0.25) is 0 Å². The third-order valence-electron chi connectivity index (χ3n) is 24.2. The number of carbonyl (C=O) groups excluding carboxylic acids is 3. The van der Waals surface area contributed by atoms with Gasteiger partial charge in [0.15, 0.2) is 18.9 Å². The van der Waals surface area contributed by atoms with Gasteiger partial charge in [0.25, 0.3) is 0 Å². The minimum Gasteiger partial charge on any atom is -0.450 e. The predicted molar refractivity (Wildman–Crippen MR) is 481 cm³/mol. The zero-order chi connectivity index (χ0) is 83.7. The third-order valence-corrected chi connectivity index (χ3v) is 24.2. The molecule has 6 aromatic rings. The van der Waals surface area contributed by atoms with E-state index < -0.39 is 18.9 Å². The van der Waals surface area contributed by atoms with E-state index in [0.29, 0.717) is 118 Å². The smallest absolute Gasteiger partial charge is 0.409 e. The Morgan fingerprint density at radius 1 is 0.308 bits per heavy atom. The van der Waals surface area contributed by atoms with E-state index in [1.165, 1.54) is 0 Å². The number of hydrogen-bond acceptors (Lipinski definition) is 24. The number of amides is 3. The average Bonchev–Trinajstić information content (AvgIpc) is 0.801. The normalized spacial score (nSPS) is 20.5. The maximum Gasteiger partial charge on any atom is 0.409 e. The highest BCUT2D eigenvalue weighted by Gasteiger charge is 2.32. The van der Waals surface area contributed by atoms with Crippen molar-refractivity contribution in [1.29, 1.82) is 0 Å². The van der Waals surface area contributed by atoms with Crippen molar-refractivity contribution in [3.05, 3.63) is 143 Å². The van der Waals surface area contributed by atoms with Gasteiger partial charge in [-0.15, -0.1) is 0 Å². The molecular weight excluding hydrogens is 1520 g/mol. The highest BCUT2D eigenvalue weighted by molar-refractivity contribution is 5.96. The lowest BCUT2D eigenvalue weighted by Crippen LogP contribution is -2.49. The van der Waals surface area contributed by atoms with Crippen LogP contribution >= 0.6 is 0 Å². The zero-order valence-corrected chi connectivity index (χ0v) is 71.5. The number of hydrogen-bond donors (Lipinski definition) is 3. The monoisotopic (exact) mass is 1640 g/mol. The summed E-state index contributed by atoms with van der Waals surface area (Å²) in [6, 6.07) is 38.8. The lowest BCUT2D eigenvalue weighted by atomic mass is 9.91. The molecule has 24 rings (SSSR count). The fourth-order valence-corrected chi connectivity index (χ4v) is 17.1.